The number of hydrogen-bond acceptors (Lipinski definition) is 8. The van der Waals surface area contributed by atoms with E-state index in [1.54, 1.807) is 0 Å². The zero-order valence-corrected chi connectivity index (χ0v) is 11.5. The lowest BCUT2D eigenvalue weighted by Gasteiger charge is -2.38. The second kappa shape index (κ2) is 6.36. The Kier molecular flexibility index (Phi) is 4.71. The zero-order valence-electron chi connectivity index (χ0n) is 11.5. The van der Waals surface area contributed by atoms with Gasteiger partial charge in [-0.3, -0.25) is 10.1 Å². The third kappa shape index (κ3) is 3.22. The lowest BCUT2D eigenvalue weighted by molar-refractivity contribution is -0.384. The minimum Gasteiger partial charge on any atom is -0.429 e. The first-order valence-electron chi connectivity index (χ1n) is 6.46. The summed E-state index contributed by atoms with van der Waals surface area (Å²) in [6, 6.07) is 4.67. The van der Waals surface area contributed by atoms with E-state index in [1.165, 1.54) is 19.1 Å². The largest absolute Gasteiger partial charge is 0.429 e. The molecule has 1 fully saturated rings. The van der Waals surface area contributed by atoms with E-state index in [4.69, 9.17) is 9.47 Å². The smallest absolute Gasteiger partial charge is 0.340 e. The molecule has 5 atom stereocenters. The molecule has 1 aromatic rings. The molecule has 1 saturated heterocycles. The maximum atomic E-state index is 11.9. The zero-order chi connectivity index (χ0) is 16.4. The van der Waals surface area contributed by atoms with Crippen molar-refractivity contribution in [3.8, 4) is 0 Å². The van der Waals surface area contributed by atoms with Gasteiger partial charge in [-0.1, -0.05) is 0 Å². The average molecular weight is 313 g/mol. The first-order valence-corrected chi connectivity index (χ1v) is 6.46. The first-order chi connectivity index (χ1) is 10.3. The Morgan fingerprint density at radius 2 is 1.77 bits per heavy atom. The third-order valence-electron chi connectivity index (χ3n) is 3.35. The van der Waals surface area contributed by atoms with Crippen molar-refractivity contribution >= 4 is 11.7 Å². The highest BCUT2D eigenvalue weighted by Crippen LogP contribution is 2.23. The fraction of sp³-hybridized carbons (Fsp3) is 0.462. The van der Waals surface area contributed by atoms with Gasteiger partial charge < -0.3 is 24.8 Å². The molecule has 3 N–H and O–H groups in total. The minimum absolute atomic E-state index is 0.0228. The maximum Gasteiger partial charge on any atom is 0.340 e. The van der Waals surface area contributed by atoms with Crippen molar-refractivity contribution in [1.82, 2.24) is 0 Å². The van der Waals surface area contributed by atoms with Crippen LogP contribution in [0.2, 0.25) is 0 Å². The molecule has 0 amide bonds. The van der Waals surface area contributed by atoms with Crippen molar-refractivity contribution in [2.75, 3.05) is 0 Å². The van der Waals surface area contributed by atoms with Crippen molar-refractivity contribution in [1.29, 1.82) is 0 Å². The Labute approximate surface area is 124 Å². The van der Waals surface area contributed by atoms with Crippen molar-refractivity contribution in [3.05, 3.63) is 39.9 Å². The molecule has 0 aliphatic carbocycles. The quantitative estimate of drug-likeness (QED) is 0.388. The van der Waals surface area contributed by atoms with E-state index in [-0.39, 0.29) is 11.3 Å². The highest BCUT2D eigenvalue weighted by Gasteiger charge is 2.43. The summed E-state index contributed by atoms with van der Waals surface area (Å²) < 4.78 is 10.1. The number of rotatable bonds is 3. The van der Waals surface area contributed by atoms with E-state index in [0.29, 0.717) is 0 Å². The van der Waals surface area contributed by atoms with Crippen molar-refractivity contribution < 1.29 is 34.5 Å². The van der Waals surface area contributed by atoms with Gasteiger partial charge in [-0.15, -0.1) is 0 Å². The molecule has 1 aromatic carbocycles. The Balaban J connectivity index is 2.06. The Morgan fingerprint density at radius 3 is 2.32 bits per heavy atom. The number of esters is 1. The van der Waals surface area contributed by atoms with E-state index in [9.17, 15) is 30.2 Å². The van der Waals surface area contributed by atoms with Crippen LogP contribution in [0.5, 0.6) is 0 Å². The van der Waals surface area contributed by atoms with Crippen LogP contribution >= 0.6 is 0 Å². The van der Waals surface area contributed by atoms with Crippen LogP contribution < -0.4 is 0 Å². The van der Waals surface area contributed by atoms with E-state index in [2.05, 4.69) is 0 Å². The van der Waals surface area contributed by atoms with Crippen molar-refractivity contribution in [2.45, 2.75) is 37.6 Å². The van der Waals surface area contributed by atoms with Gasteiger partial charge in [-0.05, 0) is 19.1 Å². The summed E-state index contributed by atoms with van der Waals surface area (Å²) in [5.74, 6) is -0.880. The van der Waals surface area contributed by atoms with Crippen LogP contribution in [0.15, 0.2) is 24.3 Å². The summed E-state index contributed by atoms with van der Waals surface area (Å²) in [6.45, 7) is 1.45. The highest BCUT2D eigenvalue weighted by atomic mass is 16.7. The van der Waals surface area contributed by atoms with Gasteiger partial charge in [-0.25, -0.2) is 4.79 Å². The minimum atomic E-state index is -1.60. The molecule has 1 aliphatic rings. The van der Waals surface area contributed by atoms with Crippen LogP contribution in [0.3, 0.4) is 0 Å². The molecule has 1 unspecified atom stereocenters. The molecule has 0 bridgehead atoms. The molecule has 120 valence electrons. The van der Waals surface area contributed by atoms with Crippen LogP contribution in [0.4, 0.5) is 5.69 Å². The standard InChI is InChI=1S/C13H15NO8/c1-6-9(15)10(16)11(17)13(21-6)22-12(18)7-2-4-8(5-3-7)14(19)20/h2-6,9-11,13,15-17H,1H3/t6-,9+,10+,11-,13?/m1/s1. The molecule has 1 heterocycles. The molecule has 0 saturated carbocycles. The summed E-state index contributed by atoms with van der Waals surface area (Å²) in [7, 11) is 0. The molecule has 9 nitrogen and oxygen atoms in total. The van der Waals surface area contributed by atoms with Gasteiger partial charge >= 0.3 is 5.97 Å². The number of benzene rings is 1. The van der Waals surface area contributed by atoms with Crippen LogP contribution in [0.25, 0.3) is 0 Å². The molecule has 0 spiro atoms. The number of nitrogens with zero attached hydrogens (tertiary/aromatic N) is 1. The molecule has 2 rings (SSSR count). The second-order valence-electron chi connectivity index (χ2n) is 4.89. The maximum absolute atomic E-state index is 11.9. The van der Waals surface area contributed by atoms with Gasteiger partial charge in [0, 0.05) is 12.1 Å². The number of aliphatic hydroxyl groups excluding tert-OH is 3. The average Bonchev–Trinajstić information content (AvgIpc) is 2.50. The Bertz CT molecular complexity index is 560. The normalized spacial score (nSPS) is 31.5. The summed E-state index contributed by atoms with van der Waals surface area (Å²) in [6.07, 6.45) is -6.71. The SMILES string of the molecule is C[C@H]1OC(OC(=O)c2ccc([N+](=O)[O-])cc2)[C@H](O)[C@@H](O)[C@H]1O. The molecule has 0 aromatic heterocycles. The van der Waals surface area contributed by atoms with Crippen molar-refractivity contribution in [3.63, 3.8) is 0 Å². The number of carbonyl (C=O) groups excluding carboxylic acids is 1. The fourth-order valence-electron chi connectivity index (χ4n) is 2.00. The fourth-order valence-corrected chi connectivity index (χ4v) is 2.00. The molecular formula is C13H15NO8. The summed E-state index contributed by atoms with van der Waals surface area (Å²) in [5, 5.41) is 39.4. The molecular weight excluding hydrogens is 298 g/mol. The summed E-state index contributed by atoms with van der Waals surface area (Å²) in [5.41, 5.74) is -0.160. The van der Waals surface area contributed by atoms with Gasteiger partial charge in [0.05, 0.1) is 16.6 Å². The topological polar surface area (TPSA) is 139 Å². The van der Waals surface area contributed by atoms with Gasteiger partial charge in [0.1, 0.15) is 18.3 Å². The van der Waals surface area contributed by atoms with E-state index in [0.717, 1.165) is 12.1 Å². The second-order valence-corrected chi connectivity index (χ2v) is 4.89. The number of nitro benzene ring substituents is 1. The van der Waals surface area contributed by atoms with Gasteiger partial charge in [0.15, 0.2) is 0 Å². The van der Waals surface area contributed by atoms with Crippen molar-refractivity contribution in [2.24, 2.45) is 0 Å². The van der Waals surface area contributed by atoms with Gasteiger partial charge in [0.2, 0.25) is 6.29 Å². The molecule has 0 radical (unpaired) electrons. The lowest BCUT2D eigenvalue weighted by Crippen LogP contribution is -2.57. The van der Waals surface area contributed by atoms with Crippen LogP contribution in [0.1, 0.15) is 17.3 Å². The molecule has 9 heteroatoms. The van der Waals surface area contributed by atoms with Crippen LogP contribution in [-0.4, -0.2) is 56.9 Å². The van der Waals surface area contributed by atoms with Gasteiger partial charge in [-0.2, -0.15) is 0 Å². The predicted molar refractivity (Wildman–Crippen MR) is 70.9 cm³/mol. The van der Waals surface area contributed by atoms with Gasteiger partial charge in [0.25, 0.3) is 5.69 Å². The van der Waals surface area contributed by atoms with E-state index >= 15 is 0 Å². The third-order valence-corrected chi connectivity index (χ3v) is 3.35. The number of ether oxygens (including phenoxy) is 2. The molecule has 1 aliphatic heterocycles. The van der Waals surface area contributed by atoms with E-state index < -0.39 is 41.6 Å². The Hall–Kier alpha value is -2.07. The summed E-state index contributed by atoms with van der Waals surface area (Å²) >= 11 is 0. The molecule has 22 heavy (non-hydrogen) atoms. The van der Waals surface area contributed by atoms with Crippen LogP contribution in [0, 0.1) is 10.1 Å². The first kappa shape index (κ1) is 16.3. The number of nitro groups is 1. The monoisotopic (exact) mass is 313 g/mol. The Morgan fingerprint density at radius 1 is 1.18 bits per heavy atom. The lowest BCUT2D eigenvalue weighted by atomic mass is 10.00. The number of hydrogen-bond donors (Lipinski definition) is 3. The number of carbonyl (C=O) groups is 1. The number of non-ortho nitro benzene ring substituents is 1. The summed E-state index contributed by atoms with van der Waals surface area (Å²) in [4.78, 5) is 21.8. The predicted octanol–water partition coefficient (Wildman–Crippen LogP) is -0.421. The number of aliphatic hydroxyl groups is 3. The highest BCUT2D eigenvalue weighted by molar-refractivity contribution is 5.89. The van der Waals surface area contributed by atoms with Crippen LogP contribution in [-0.2, 0) is 9.47 Å². The van der Waals surface area contributed by atoms with E-state index in [1.807, 2.05) is 0 Å².